The number of hydrogen-bond acceptors (Lipinski definition) is 4. The highest BCUT2D eigenvalue weighted by atomic mass is 16.1. The van der Waals surface area contributed by atoms with Crippen molar-refractivity contribution in [3.8, 4) is 0 Å². The first-order chi connectivity index (χ1) is 6.68. The quantitative estimate of drug-likeness (QED) is 0.667. The van der Waals surface area contributed by atoms with Crippen molar-refractivity contribution in [2.45, 2.75) is 19.8 Å². The Morgan fingerprint density at radius 1 is 1.64 bits per heavy atom. The first-order valence-corrected chi connectivity index (χ1v) is 4.50. The molecule has 0 aromatic carbocycles. The molecule has 1 amide bonds. The first kappa shape index (κ1) is 10.4. The molecule has 14 heavy (non-hydrogen) atoms. The summed E-state index contributed by atoms with van der Waals surface area (Å²) in [6, 6.07) is 1.83. The highest BCUT2D eigenvalue weighted by Crippen LogP contribution is 1.99. The smallest absolute Gasteiger partial charge is 0.222 e. The fourth-order valence-corrected chi connectivity index (χ4v) is 0.997. The van der Waals surface area contributed by atoms with Crippen LogP contribution in [0.25, 0.3) is 0 Å². The number of nitrogens with two attached hydrogens (primary N) is 1. The Bertz CT molecular complexity index is 313. The maximum atomic E-state index is 10.4. The fourth-order valence-electron chi connectivity index (χ4n) is 0.997. The van der Waals surface area contributed by atoms with Gasteiger partial charge in [-0.2, -0.15) is 0 Å². The van der Waals surface area contributed by atoms with Crippen molar-refractivity contribution in [1.82, 2.24) is 9.97 Å². The number of carbonyl (C=O) groups is 1. The molecule has 0 saturated heterocycles. The lowest BCUT2D eigenvalue weighted by Gasteiger charge is -2.03. The summed E-state index contributed by atoms with van der Waals surface area (Å²) < 4.78 is 0. The molecule has 0 spiro atoms. The summed E-state index contributed by atoms with van der Waals surface area (Å²) in [5, 5.41) is 3.01. The van der Waals surface area contributed by atoms with Crippen molar-refractivity contribution in [3.05, 3.63) is 18.0 Å². The number of aryl methyl sites for hydroxylation is 1. The maximum absolute atomic E-state index is 10.4. The van der Waals surface area contributed by atoms with Gasteiger partial charge in [0.2, 0.25) is 11.9 Å². The van der Waals surface area contributed by atoms with Crippen molar-refractivity contribution in [2.75, 3.05) is 11.9 Å². The number of anilines is 1. The second-order valence-electron chi connectivity index (χ2n) is 3.02. The number of nitrogens with zero attached hydrogens (tertiary/aromatic N) is 2. The van der Waals surface area contributed by atoms with Crippen LogP contribution in [0.5, 0.6) is 0 Å². The van der Waals surface area contributed by atoms with Gasteiger partial charge in [-0.1, -0.05) is 0 Å². The van der Waals surface area contributed by atoms with E-state index in [0.29, 0.717) is 25.3 Å². The summed E-state index contributed by atoms with van der Waals surface area (Å²) in [6.45, 7) is 2.56. The second-order valence-corrected chi connectivity index (χ2v) is 3.02. The van der Waals surface area contributed by atoms with E-state index in [1.807, 2.05) is 13.0 Å². The van der Waals surface area contributed by atoms with E-state index in [2.05, 4.69) is 15.3 Å². The van der Waals surface area contributed by atoms with Crippen LogP contribution in [0.1, 0.15) is 18.5 Å². The predicted octanol–water partition coefficient (Wildman–Crippen LogP) is 0.462. The molecule has 1 heterocycles. The van der Waals surface area contributed by atoms with Crippen LogP contribution < -0.4 is 11.1 Å². The molecule has 0 saturated carbocycles. The van der Waals surface area contributed by atoms with Gasteiger partial charge in [-0.15, -0.1) is 0 Å². The van der Waals surface area contributed by atoms with Crippen LogP contribution in [0.4, 0.5) is 5.95 Å². The van der Waals surface area contributed by atoms with Gasteiger partial charge in [0.15, 0.2) is 0 Å². The molecule has 1 aromatic heterocycles. The van der Waals surface area contributed by atoms with E-state index >= 15 is 0 Å². The minimum Gasteiger partial charge on any atom is -0.370 e. The Kier molecular flexibility index (Phi) is 3.84. The van der Waals surface area contributed by atoms with Crippen LogP contribution in [0.2, 0.25) is 0 Å². The van der Waals surface area contributed by atoms with Crippen molar-refractivity contribution in [2.24, 2.45) is 5.73 Å². The van der Waals surface area contributed by atoms with Crippen molar-refractivity contribution < 1.29 is 4.79 Å². The summed E-state index contributed by atoms with van der Waals surface area (Å²) in [4.78, 5) is 18.6. The van der Waals surface area contributed by atoms with Gasteiger partial charge in [0, 0.05) is 24.9 Å². The molecule has 1 aromatic rings. The van der Waals surface area contributed by atoms with Gasteiger partial charge >= 0.3 is 0 Å². The summed E-state index contributed by atoms with van der Waals surface area (Å²) in [6.07, 6.45) is 2.78. The molecule has 0 atom stereocenters. The highest BCUT2D eigenvalue weighted by molar-refractivity contribution is 5.73. The molecule has 76 valence electrons. The van der Waals surface area contributed by atoms with Gasteiger partial charge in [0.25, 0.3) is 0 Å². The molecule has 0 aliphatic heterocycles. The van der Waals surface area contributed by atoms with E-state index in [-0.39, 0.29) is 5.91 Å². The number of hydrogen-bond donors (Lipinski definition) is 2. The Morgan fingerprint density at radius 2 is 2.43 bits per heavy atom. The third-order valence-electron chi connectivity index (χ3n) is 1.68. The lowest BCUT2D eigenvalue weighted by Crippen LogP contribution is -2.13. The Hall–Kier alpha value is -1.65. The zero-order valence-corrected chi connectivity index (χ0v) is 8.16. The molecule has 3 N–H and O–H groups in total. The standard InChI is InChI=1S/C9H14N4O/c1-7-4-6-12-9(13-7)11-5-2-3-8(10)14/h4,6H,2-3,5H2,1H3,(H2,10,14)(H,11,12,13). The largest absolute Gasteiger partial charge is 0.370 e. The van der Waals surface area contributed by atoms with Crippen LogP contribution in [0, 0.1) is 6.92 Å². The molecule has 5 heteroatoms. The minimum atomic E-state index is -0.281. The van der Waals surface area contributed by atoms with Crippen LogP contribution in [0.15, 0.2) is 12.3 Å². The zero-order valence-electron chi connectivity index (χ0n) is 8.16. The van der Waals surface area contributed by atoms with Crippen molar-refractivity contribution >= 4 is 11.9 Å². The normalized spacial score (nSPS) is 9.79. The molecule has 0 radical (unpaired) electrons. The van der Waals surface area contributed by atoms with E-state index in [1.54, 1.807) is 6.20 Å². The Labute approximate surface area is 82.7 Å². The number of amides is 1. The van der Waals surface area contributed by atoms with Crippen molar-refractivity contribution in [3.63, 3.8) is 0 Å². The number of nitrogens with one attached hydrogen (secondary N) is 1. The number of rotatable bonds is 5. The zero-order chi connectivity index (χ0) is 10.4. The molecule has 1 rings (SSSR count). The average Bonchev–Trinajstić information content (AvgIpc) is 2.12. The molecular formula is C9H14N4O. The van der Waals surface area contributed by atoms with E-state index in [0.717, 1.165) is 5.69 Å². The monoisotopic (exact) mass is 194 g/mol. The van der Waals surface area contributed by atoms with E-state index < -0.39 is 0 Å². The van der Waals surface area contributed by atoms with E-state index in [1.165, 1.54) is 0 Å². The Morgan fingerprint density at radius 3 is 3.07 bits per heavy atom. The molecule has 0 aliphatic rings. The third-order valence-corrected chi connectivity index (χ3v) is 1.68. The van der Waals surface area contributed by atoms with Crippen LogP contribution in [-0.2, 0) is 4.79 Å². The predicted molar refractivity (Wildman–Crippen MR) is 53.7 cm³/mol. The molecule has 0 unspecified atom stereocenters. The van der Waals surface area contributed by atoms with Crippen molar-refractivity contribution in [1.29, 1.82) is 0 Å². The minimum absolute atomic E-state index is 0.281. The molecular weight excluding hydrogens is 180 g/mol. The van der Waals surface area contributed by atoms with Gasteiger partial charge in [-0.3, -0.25) is 4.79 Å². The number of aromatic nitrogens is 2. The summed E-state index contributed by atoms with van der Waals surface area (Å²) in [5.41, 5.74) is 5.91. The fraction of sp³-hybridized carbons (Fsp3) is 0.444. The van der Waals surface area contributed by atoms with Gasteiger partial charge < -0.3 is 11.1 Å². The number of primary amides is 1. The number of carbonyl (C=O) groups excluding carboxylic acids is 1. The SMILES string of the molecule is Cc1ccnc(NCCCC(N)=O)n1. The van der Waals surface area contributed by atoms with Gasteiger partial charge in [0.05, 0.1) is 0 Å². The third kappa shape index (κ3) is 3.84. The topological polar surface area (TPSA) is 80.9 Å². The summed E-state index contributed by atoms with van der Waals surface area (Å²) in [7, 11) is 0. The highest BCUT2D eigenvalue weighted by Gasteiger charge is 1.96. The molecule has 0 aliphatic carbocycles. The lowest BCUT2D eigenvalue weighted by molar-refractivity contribution is -0.118. The summed E-state index contributed by atoms with van der Waals surface area (Å²) in [5.74, 6) is 0.312. The van der Waals surface area contributed by atoms with Gasteiger partial charge in [-0.25, -0.2) is 9.97 Å². The van der Waals surface area contributed by atoms with Crippen LogP contribution >= 0.6 is 0 Å². The lowest BCUT2D eigenvalue weighted by atomic mass is 10.3. The van der Waals surface area contributed by atoms with Crippen LogP contribution in [-0.4, -0.2) is 22.4 Å². The molecule has 5 nitrogen and oxygen atoms in total. The average molecular weight is 194 g/mol. The molecule has 0 bridgehead atoms. The van der Waals surface area contributed by atoms with Gasteiger partial charge in [0.1, 0.15) is 0 Å². The van der Waals surface area contributed by atoms with Gasteiger partial charge in [-0.05, 0) is 19.4 Å². The van der Waals surface area contributed by atoms with E-state index in [9.17, 15) is 4.79 Å². The van der Waals surface area contributed by atoms with Crippen LogP contribution in [0.3, 0.4) is 0 Å². The second kappa shape index (κ2) is 5.16. The maximum Gasteiger partial charge on any atom is 0.222 e. The summed E-state index contributed by atoms with van der Waals surface area (Å²) >= 11 is 0. The van der Waals surface area contributed by atoms with E-state index in [4.69, 9.17) is 5.73 Å². The first-order valence-electron chi connectivity index (χ1n) is 4.50. The molecule has 0 fully saturated rings. The Balaban J connectivity index is 2.28.